The molecule has 0 aromatic heterocycles. The highest BCUT2D eigenvalue weighted by molar-refractivity contribution is 9.09. The molecule has 1 amide bonds. The highest BCUT2D eigenvalue weighted by Crippen LogP contribution is 2.52. The summed E-state index contributed by atoms with van der Waals surface area (Å²) in [5, 5.41) is 1.06. The van der Waals surface area contributed by atoms with Gasteiger partial charge in [-0.2, -0.15) is 0 Å². The Morgan fingerprint density at radius 3 is 2.75 bits per heavy atom. The number of carbonyl (C=O) groups excluding carboxylic acids is 1. The van der Waals surface area contributed by atoms with Crippen molar-refractivity contribution in [2.75, 3.05) is 18.4 Å². The number of hydrogen-bond donors (Lipinski definition) is 0. The molecule has 16 heavy (non-hydrogen) atoms. The van der Waals surface area contributed by atoms with Crippen LogP contribution in [-0.4, -0.2) is 29.2 Å². The maximum atomic E-state index is 12.2. The van der Waals surface area contributed by atoms with Gasteiger partial charge in [0.15, 0.2) is 0 Å². The van der Waals surface area contributed by atoms with E-state index in [0.717, 1.165) is 30.8 Å². The summed E-state index contributed by atoms with van der Waals surface area (Å²) < 4.78 is 0. The molecule has 1 aliphatic heterocycles. The molecular formula is C13H22BrNO. The molecule has 0 N–H and O–H groups in total. The molecule has 2 nitrogen and oxygen atoms in total. The predicted octanol–water partition coefficient (Wildman–Crippen LogP) is 3.06. The van der Waals surface area contributed by atoms with Crippen molar-refractivity contribution >= 4 is 21.8 Å². The highest BCUT2D eigenvalue weighted by Gasteiger charge is 2.52. The number of piperidine rings is 1. The second kappa shape index (κ2) is 4.67. The first kappa shape index (κ1) is 12.4. The largest absolute Gasteiger partial charge is 0.342 e. The van der Waals surface area contributed by atoms with Crippen molar-refractivity contribution in [1.82, 2.24) is 4.90 Å². The zero-order valence-electron chi connectivity index (χ0n) is 10.3. The lowest BCUT2D eigenvalue weighted by Gasteiger charge is -2.33. The normalized spacial score (nSPS) is 32.6. The van der Waals surface area contributed by atoms with Crippen molar-refractivity contribution in [2.24, 2.45) is 17.3 Å². The first-order chi connectivity index (χ1) is 7.54. The summed E-state index contributed by atoms with van der Waals surface area (Å²) >= 11 is 3.50. The van der Waals surface area contributed by atoms with Gasteiger partial charge in [0.2, 0.25) is 5.91 Å². The number of nitrogens with zero attached hydrogens (tertiary/aromatic N) is 1. The molecule has 3 heteroatoms. The van der Waals surface area contributed by atoms with Crippen molar-refractivity contribution in [3.8, 4) is 0 Å². The van der Waals surface area contributed by atoms with E-state index >= 15 is 0 Å². The number of likely N-dealkylation sites (tertiary alicyclic amines) is 1. The maximum Gasteiger partial charge on any atom is 0.226 e. The summed E-state index contributed by atoms with van der Waals surface area (Å²) in [5.41, 5.74) is 0.277. The molecule has 2 fully saturated rings. The van der Waals surface area contributed by atoms with Gasteiger partial charge in [-0.05, 0) is 37.0 Å². The van der Waals surface area contributed by atoms with E-state index in [1.54, 1.807) is 0 Å². The van der Waals surface area contributed by atoms with E-state index in [9.17, 15) is 4.79 Å². The van der Waals surface area contributed by atoms with E-state index in [2.05, 4.69) is 34.7 Å². The van der Waals surface area contributed by atoms with Gasteiger partial charge in [-0.25, -0.2) is 0 Å². The standard InChI is InChI=1S/C13H22BrNO/c1-13(2)8-11(13)12(16)15-7-3-4-10(9-15)5-6-14/h10-11H,3-9H2,1-2H3. The summed E-state index contributed by atoms with van der Waals surface area (Å²) in [6, 6.07) is 0. The number of alkyl halides is 1. The summed E-state index contributed by atoms with van der Waals surface area (Å²) in [7, 11) is 0. The van der Waals surface area contributed by atoms with Gasteiger partial charge in [0.05, 0.1) is 0 Å². The van der Waals surface area contributed by atoms with Gasteiger partial charge < -0.3 is 4.90 Å². The lowest BCUT2D eigenvalue weighted by Crippen LogP contribution is -2.41. The summed E-state index contributed by atoms with van der Waals surface area (Å²) in [5.74, 6) is 1.46. The van der Waals surface area contributed by atoms with Gasteiger partial charge in [0.25, 0.3) is 0 Å². The number of rotatable bonds is 3. The van der Waals surface area contributed by atoms with Crippen molar-refractivity contribution in [3.63, 3.8) is 0 Å². The van der Waals surface area contributed by atoms with Gasteiger partial charge in [-0.15, -0.1) is 0 Å². The van der Waals surface area contributed by atoms with Crippen LogP contribution in [0.3, 0.4) is 0 Å². The molecule has 0 radical (unpaired) electrons. The smallest absolute Gasteiger partial charge is 0.226 e. The summed E-state index contributed by atoms with van der Waals surface area (Å²) in [4.78, 5) is 14.4. The van der Waals surface area contributed by atoms with Crippen molar-refractivity contribution in [3.05, 3.63) is 0 Å². The van der Waals surface area contributed by atoms with Crippen molar-refractivity contribution < 1.29 is 4.79 Å². The molecule has 1 aliphatic carbocycles. The van der Waals surface area contributed by atoms with E-state index < -0.39 is 0 Å². The summed E-state index contributed by atoms with van der Waals surface area (Å²) in [6.07, 6.45) is 4.78. The number of halogens is 1. The van der Waals surface area contributed by atoms with Crippen LogP contribution in [0.15, 0.2) is 0 Å². The Kier molecular flexibility index (Phi) is 3.62. The van der Waals surface area contributed by atoms with Crippen LogP contribution in [0.5, 0.6) is 0 Å². The van der Waals surface area contributed by atoms with Crippen LogP contribution in [0.1, 0.15) is 39.5 Å². The van der Waals surface area contributed by atoms with Crippen LogP contribution in [0.25, 0.3) is 0 Å². The quantitative estimate of drug-likeness (QED) is 0.731. The molecule has 2 unspecified atom stereocenters. The van der Waals surface area contributed by atoms with Crippen LogP contribution in [0.4, 0.5) is 0 Å². The van der Waals surface area contributed by atoms with E-state index in [-0.39, 0.29) is 5.41 Å². The van der Waals surface area contributed by atoms with Gasteiger partial charge in [0.1, 0.15) is 0 Å². The van der Waals surface area contributed by atoms with Gasteiger partial charge in [0, 0.05) is 24.3 Å². The molecular weight excluding hydrogens is 266 g/mol. The second-order valence-corrected chi connectivity index (χ2v) is 6.81. The average molecular weight is 288 g/mol. The Morgan fingerprint density at radius 2 is 2.19 bits per heavy atom. The third kappa shape index (κ3) is 2.61. The van der Waals surface area contributed by atoms with Crippen LogP contribution in [0, 0.1) is 17.3 Å². The second-order valence-electron chi connectivity index (χ2n) is 6.02. The molecule has 2 rings (SSSR count). The molecule has 1 saturated carbocycles. The minimum Gasteiger partial charge on any atom is -0.342 e. The molecule has 2 atom stereocenters. The van der Waals surface area contributed by atoms with Crippen molar-refractivity contribution in [2.45, 2.75) is 39.5 Å². The number of carbonyl (C=O) groups is 1. The third-order valence-corrected chi connectivity index (χ3v) is 4.62. The Labute approximate surface area is 107 Å². The molecule has 0 aromatic carbocycles. The monoisotopic (exact) mass is 287 g/mol. The lowest BCUT2D eigenvalue weighted by molar-refractivity contribution is -0.135. The Balaban J connectivity index is 1.87. The third-order valence-electron chi connectivity index (χ3n) is 4.16. The topological polar surface area (TPSA) is 20.3 Å². The van der Waals surface area contributed by atoms with E-state index in [1.165, 1.54) is 19.3 Å². The van der Waals surface area contributed by atoms with Gasteiger partial charge in [-0.3, -0.25) is 4.79 Å². The van der Waals surface area contributed by atoms with Crippen LogP contribution < -0.4 is 0 Å². The Bertz CT molecular complexity index is 275. The highest BCUT2D eigenvalue weighted by atomic mass is 79.9. The SMILES string of the molecule is CC1(C)CC1C(=O)N1CCCC(CCBr)C1. The fourth-order valence-electron chi connectivity index (χ4n) is 2.76. The van der Waals surface area contributed by atoms with E-state index in [0.29, 0.717) is 11.8 Å². The molecule has 1 saturated heterocycles. The number of hydrogen-bond acceptors (Lipinski definition) is 1. The zero-order valence-corrected chi connectivity index (χ0v) is 11.9. The molecule has 2 aliphatic rings. The Hall–Kier alpha value is -0.0500. The van der Waals surface area contributed by atoms with E-state index in [4.69, 9.17) is 0 Å². The van der Waals surface area contributed by atoms with Gasteiger partial charge in [-0.1, -0.05) is 29.8 Å². The molecule has 0 aromatic rings. The average Bonchev–Trinajstić information content (AvgIpc) is 2.88. The van der Waals surface area contributed by atoms with Crippen molar-refractivity contribution in [1.29, 1.82) is 0 Å². The minimum atomic E-state index is 0.277. The van der Waals surface area contributed by atoms with Crippen LogP contribution in [0.2, 0.25) is 0 Å². The molecule has 0 bridgehead atoms. The predicted molar refractivity (Wildman–Crippen MR) is 69.6 cm³/mol. The number of amides is 1. The fraction of sp³-hybridized carbons (Fsp3) is 0.923. The summed E-state index contributed by atoms with van der Waals surface area (Å²) in [6.45, 7) is 6.40. The van der Waals surface area contributed by atoms with Crippen LogP contribution in [-0.2, 0) is 4.79 Å². The van der Waals surface area contributed by atoms with Gasteiger partial charge >= 0.3 is 0 Å². The Morgan fingerprint density at radius 1 is 1.50 bits per heavy atom. The molecule has 1 heterocycles. The van der Waals surface area contributed by atoms with E-state index in [1.807, 2.05) is 0 Å². The lowest BCUT2D eigenvalue weighted by atomic mass is 9.95. The first-order valence-corrected chi connectivity index (χ1v) is 7.51. The minimum absolute atomic E-state index is 0.277. The fourth-order valence-corrected chi connectivity index (χ4v) is 3.41. The molecule has 0 spiro atoms. The maximum absolute atomic E-state index is 12.2. The van der Waals surface area contributed by atoms with Crippen LogP contribution >= 0.6 is 15.9 Å². The molecule has 92 valence electrons. The zero-order chi connectivity index (χ0) is 11.8. The first-order valence-electron chi connectivity index (χ1n) is 6.39.